The summed E-state index contributed by atoms with van der Waals surface area (Å²) in [6.07, 6.45) is 0.362. The fraction of sp³-hybridized carbons (Fsp3) is 0.286. The number of nitrogens with one attached hydrogen (secondary N) is 1. The van der Waals surface area contributed by atoms with E-state index in [1.807, 2.05) is 68.4 Å². The van der Waals surface area contributed by atoms with Gasteiger partial charge in [0.2, 0.25) is 5.91 Å². The third-order valence-electron chi connectivity index (χ3n) is 5.37. The van der Waals surface area contributed by atoms with Gasteiger partial charge in [-0.1, -0.05) is 72.2 Å². The molecule has 0 spiro atoms. The molecule has 0 saturated carbocycles. The Morgan fingerprint density at radius 2 is 1.66 bits per heavy atom. The maximum Gasteiger partial charge on any atom is 0.261 e. The molecule has 1 atom stereocenters. The fourth-order valence-electron chi connectivity index (χ4n) is 3.57. The number of rotatable bonds is 11. The van der Waals surface area contributed by atoms with Gasteiger partial charge in [0.05, 0.1) is 0 Å². The van der Waals surface area contributed by atoms with E-state index < -0.39 is 6.04 Å². The molecular formula is C28H30BrFN2O3. The van der Waals surface area contributed by atoms with Crippen LogP contribution in [0.15, 0.2) is 83.3 Å². The van der Waals surface area contributed by atoms with Gasteiger partial charge < -0.3 is 15.0 Å². The Kier molecular flexibility index (Phi) is 9.85. The SMILES string of the molecule is CC(C)CNC(=O)[C@H](Cc1ccccc1)N(Cc1cccc(Br)c1)C(=O)COc1ccc(F)cc1. The maximum atomic E-state index is 13.5. The topological polar surface area (TPSA) is 58.6 Å². The van der Waals surface area contributed by atoms with Crippen molar-refractivity contribution in [2.24, 2.45) is 5.92 Å². The lowest BCUT2D eigenvalue weighted by Gasteiger charge is -2.31. The molecule has 0 aromatic heterocycles. The maximum absolute atomic E-state index is 13.5. The van der Waals surface area contributed by atoms with Crippen molar-refractivity contribution in [1.29, 1.82) is 0 Å². The van der Waals surface area contributed by atoms with Crippen LogP contribution in [0.5, 0.6) is 5.75 Å². The van der Waals surface area contributed by atoms with Crippen molar-refractivity contribution in [1.82, 2.24) is 10.2 Å². The van der Waals surface area contributed by atoms with Gasteiger partial charge in [-0.15, -0.1) is 0 Å². The van der Waals surface area contributed by atoms with E-state index in [0.29, 0.717) is 18.7 Å². The zero-order valence-corrected chi connectivity index (χ0v) is 21.5. The highest BCUT2D eigenvalue weighted by Gasteiger charge is 2.30. The van der Waals surface area contributed by atoms with Crippen LogP contribution < -0.4 is 10.1 Å². The molecule has 0 aliphatic rings. The Bertz CT molecular complexity index is 1110. The van der Waals surface area contributed by atoms with E-state index in [2.05, 4.69) is 21.2 Å². The van der Waals surface area contributed by atoms with Gasteiger partial charge in [0.15, 0.2) is 6.61 Å². The van der Waals surface area contributed by atoms with Crippen molar-refractivity contribution in [3.05, 3.63) is 100 Å². The molecule has 0 radical (unpaired) electrons. The largest absolute Gasteiger partial charge is 0.484 e. The van der Waals surface area contributed by atoms with Crippen molar-refractivity contribution in [2.45, 2.75) is 32.9 Å². The van der Waals surface area contributed by atoms with Crippen LogP contribution >= 0.6 is 15.9 Å². The molecule has 3 aromatic rings. The molecule has 184 valence electrons. The first kappa shape index (κ1) is 26.4. The molecule has 3 rings (SSSR count). The predicted molar refractivity (Wildman–Crippen MR) is 138 cm³/mol. The van der Waals surface area contributed by atoms with Crippen LogP contribution in [0.4, 0.5) is 4.39 Å². The summed E-state index contributed by atoms with van der Waals surface area (Å²) in [5.74, 6) is -0.286. The van der Waals surface area contributed by atoms with Crippen molar-refractivity contribution in [2.75, 3.05) is 13.2 Å². The summed E-state index contributed by atoms with van der Waals surface area (Å²) in [5, 5.41) is 2.99. The normalized spacial score (nSPS) is 11.7. The van der Waals surface area contributed by atoms with Gasteiger partial charge >= 0.3 is 0 Å². The van der Waals surface area contributed by atoms with Crippen LogP contribution in [0.1, 0.15) is 25.0 Å². The summed E-state index contributed by atoms with van der Waals surface area (Å²) in [6.45, 7) is 4.51. The van der Waals surface area contributed by atoms with Crippen LogP contribution in [-0.2, 0) is 22.6 Å². The molecule has 35 heavy (non-hydrogen) atoms. The number of hydrogen-bond donors (Lipinski definition) is 1. The molecule has 1 N–H and O–H groups in total. The number of hydrogen-bond acceptors (Lipinski definition) is 3. The summed E-state index contributed by atoms with van der Waals surface area (Å²) in [6, 6.07) is 22.0. The second kappa shape index (κ2) is 13.0. The van der Waals surface area contributed by atoms with Gasteiger partial charge in [-0.3, -0.25) is 9.59 Å². The Morgan fingerprint density at radius 1 is 0.971 bits per heavy atom. The number of nitrogens with zero attached hydrogens (tertiary/aromatic N) is 1. The Hall–Kier alpha value is -3.19. The second-order valence-electron chi connectivity index (χ2n) is 8.74. The molecule has 3 aromatic carbocycles. The van der Waals surface area contributed by atoms with E-state index in [1.54, 1.807) is 4.90 Å². The van der Waals surface area contributed by atoms with Crippen molar-refractivity contribution in [3.8, 4) is 5.75 Å². The second-order valence-corrected chi connectivity index (χ2v) is 9.65. The minimum atomic E-state index is -0.737. The third kappa shape index (κ3) is 8.51. The van der Waals surface area contributed by atoms with E-state index in [1.165, 1.54) is 24.3 Å². The highest BCUT2D eigenvalue weighted by atomic mass is 79.9. The molecule has 0 fully saturated rings. The van der Waals surface area contributed by atoms with E-state index in [-0.39, 0.29) is 36.7 Å². The minimum absolute atomic E-state index is 0.215. The lowest BCUT2D eigenvalue weighted by atomic mass is 10.0. The van der Waals surface area contributed by atoms with Gasteiger partial charge in [0, 0.05) is 24.0 Å². The van der Waals surface area contributed by atoms with Crippen molar-refractivity contribution < 1.29 is 18.7 Å². The lowest BCUT2D eigenvalue weighted by Crippen LogP contribution is -2.52. The summed E-state index contributed by atoms with van der Waals surface area (Å²) >= 11 is 3.48. The number of carbonyl (C=O) groups excluding carboxylic acids is 2. The summed E-state index contributed by atoms with van der Waals surface area (Å²) in [4.78, 5) is 28.4. The Balaban J connectivity index is 1.89. The van der Waals surface area contributed by atoms with Crippen molar-refractivity contribution >= 4 is 27.7 Å². The molecule has 0 aliphatic heterocycles. The number of carbonyl (C=O) groups is 2. The smallest absolute Gasteiger partial charge is 0.261 e. The van der Waals surface area contributed by atoms with Crippen LogP contribution in [0.3, 0.4) is 0 Å². The molecule has 2 amide bonds. The summed E-state index contributed by atoms with van der Waals surface area (Å²) in [7, 11) is 0. The molecule has 0 saturated heterocycles. The number of benzene rings is 3. The molecular weight excluding hydrogens is 511 g/mol. The number of ether oxygens (including phenoxy) is 1. The van der Waals surface area contributed by atoms with Crippen LogP contribution in [0.2, 0.25) is 0 Å². The lowest BCUT2D eigenvalue weighted by molar-refractivity contribution is -0.142. The highest BCUT2D eigenvalue weighted by molar-refractivity contribution is 9.10. The Labute approximate surface area is 214 Å². The average molecular weight is 541 g/mol. The molecule has 5 nitrogen and oxygen atoms in total. The zero-order chi connectivity index (χ0) is 25.2. The van der Waals surface area contributed by atoms with Crippen molar-refractivity contribution in [3.63, 3.8) is 0 Å². The summed E-state index contributed by atoms with van der Waals surface area (Å²) < 4.78 is 19.8. The average Bonchev–Trinajstić information content (AvgIpc) is 2.85. The first-order valence-corrected chi connectivity index (χ1v) is 12.3. The van der Waals surface area contributed by atoms with Gasteiger partial charge in [-0.25, -0.2) is 4.39 Å². The number of halogens is 2. The highest BCUT2D eigenvalue weighted by Crippen LogP contribution is 2.19. The standard InChI is InChI=1S/C28H30BrFN2O3/c1-20(2)17-31-28(34)26(16-21-7-4-3-5-8-21)32(18-22-9-6-10-23(29)15-22)27(33)19-35-25-13-11-24(30)12-14-25/h3-15,20,26H,16-19H2,1-2H3,(H,31,34)/t26-/m0/s1. The molecule has 7 heteroatoms. The van der Waals surface area contributed by atoms with Crippen LogP contribution in [0, 0.1) is 11.7 Å². The summed E-state index contributed by atoms with van der Waals surface area (Å²) in [5.41, 5.74) is 1.83. The van der Waals surface area contributed by atoms with Crippen LogP contribution in [-0.4, -0.2) is 35.9 Å². The van der Waals surface area contributed by atoms with E-state index in [4.69, 9.17) is 4.74 Å². The molecule has 0 bridgehead atoms. The van der Waals surface area contributed by atoms with E-state index in [0.717, 1.165) is 15.6 Å². The molecule has 0 heterocycles. The van der Waals surface area contributed by atoms with Gasteiger partial charge in [0.1, 0.15) is 17.6 Å². The minimum Gasteiger partial charge on any atom is -0.484 e. The fourth-order valence-corrected chi connectivity index (χ4v) is 4.01. The Morgan fingerprint density at radius 3 is 2.31 bits per heavy atom. The van der Waals surface area contributed by atoms with E-state index in [9.17, 15) is 14.0 Å². The first-order valence-electron chi connectivity index (χ1n) is 11.6. The van der Waals surface area contributed by atoms with Gasteiger partial charge in [-0.2, -0.15) is 0 Å². The quantitative estimate of drug-likeness (QED) is 0.355. The third-order valence-corrected chi connectivity index (χ3v) is 5.87. The molecule has 0 aliphatic carbocycles. The monoisotopic (exact) mass is 540 g/mol. The molecule has 0 unspecified atom stereocenters. The van der Waals surface area contributed by atoms with Crippen LogP contribution in [0.25, 0.3) is 0 Å². The first-order chi connectivity index (χ1) is 16.8. The number of amides is 2. The van der Waals surface area contributed by atoms with Gasteiger partial charge in [-0.05, 0) is 53.4 Å². The predicted octanol–water partition coefficient (Wildman–Crippen LogP) is 5.38. The van der Waals surface area contributed by atoms with E-state index >= 15 is 0 Å². The van der Waals surface area contributed by atoms with Gasteiger partial charge in [0.25, 0.3) is 5.91 Å². The zero-order valence-electron chi connectivity index (χ0n) is 19.9.